The second-order valence-electron chi connectivity index (χ2n) is 5.21. The number of carbonyl (C=O) groups is 1. The Bertz CT molecular complexity index is 649. The summed E-state index contributed by atoms with van der Waals surface area (Å²) < 4.78 is 0. The summed E-state index contributed by atoms with van der Waals surface area (Å²) in [7, 11) is 0. The number of likely N-dealkylation sites (tertiary alicyclic amines) is 1. The summed E-state index contributed by atoms with van der Waals surface area (Å²) in [6, 6.07) is 11.9. The van der Waals surface area contributed by atoms with E-state index in [1.807, 2.05) is 41.3 Å². The molecule has 2 N–H and O–H groups in total. The number of hydrogen-bond donors (Lipinski definition) is 1. The summed E-state index contributed by atoms with van der Waals surface area (Å²) in [5.74, 6) is 0.0772. The fourth-order valence-corrected chi connectivity index (χ4v) is 3.61. The van der Waals surface area contributed by atoms with Crippen molar-refractivity contribution in [1.29, 1.82) is 0 Å². The van der Waals surface area contributed by atoms with Gasteiger partial charge in [-0.15, -0.1) is 11.3 Å². The molecule has 1 aromatic carbocycles. The van der Waals surface area contributed by atoms with E-state index in [4.69, 9.17) is 5.73 Å². The van der Waals surface area contributed by atoms with Crippen LogP contribution in [0.5, 0.6) is 0 Å². The number of rotatable bonds is 3. The van der Waals surface area contributed by atoms with Gasteiger partial charge in [0.05, 0.1) is 6.04 Å². The van der Waals surface area contributed by atoms with Crippen molar-refractivity contribution in [2.75, 3.05) is 12.3 Å². The summed E-state index contributed by atoms with van der Waals surface area (Å²) in [5, 5.41) is 2.07. The van der Waals surface area contributed by atoms with E-state index in [2.05, 4.69) is 11.4 Å². The second-order valence-corrected chi connectivity index (χ2v) is 6.19. The quantitative estimate of drug-likeness (QED) is 0.693. The van der Waals surface area contributed by atoms with Crippen molar-refractivity contribution in [3.8, 4) is 0 Å². The van der Waals surface area contributed by atoms with Crippen molar-refractivity contribution in [3.63, 3.8) is 0 Å². The van der Waals surface area contributed by atoms with Crippen LogP contribution in [0.4, 0.5) is 5.69 Å². The average molecular weight is 298 g/mol. The number of anilines is 1. The van der Waals surface area contributed by atoms with Gasteiger partial charge in [-0.2, -0.15) is 0 Å². The molecule has 0 bridgehead atoms. The lowest BCUT2D eigenvalue weighted by Gasteiger charge is -2.22. The second kappa shape index (κ2) is 6.14. The summed E-state index contributed by atoms with van der Waals surface area (Å²) in [5.41, 5.74) is 7.41. The lowest BCUT2D eigenvalue weighted by molar-refractivity contribution is -0.126. The van der Waals surface area contributed by atoms with Crippen LogP contribution in [-0.4, -0.2) is 17.4 Å². The van der Waals surface area contributed by atoms with Gasteiger partial charge in [0.2, 0.25) is 5.91 Å². The minimum atomic E-state index is 0.0772. The zero-order valence-corrected chi connectivity index (χ0v) is 12.6. The number of amides is 1. The number of nitrogens with zero attached hydrogens (tertiary/aromatic N) is 1. The fraction of sp³-hybridized carbons (Fsp3) is 0.235. The molecule has 1 unspecified atom stereocenters. The van der Waals surface area contributed by atoms with E-state index in [1.54, 1.807) is 17.4 Å². The van der Waals surface area contributed by atoms with Crippen molar-refractivity contribution in [3.05, 3.63) is 58.3 Å². The van der Waals surface area contributed by atoms with Crippen LogP contribution in [0.2, 0.25) is 0 Å². The third kappa shape index (κ3) is 3.16. The molecule has 1 amide bonds. The number of nitrogens with two attached hydrogens (primary N) is 1. The Kier molecular flexibility index (Phi) is 4.06. The molecule has 2 heterocycles. The van der Waals surface area contributed by atoms with E-state index in [0.717, 1.165) is 24.9 Å². The van der Waals surface area contributed by atoms with Crippen molar-refractivity contribution in [2.24, 2.45) is 0 Å². The first-order valence-electron chi connectivity index (χ1n) is 7.11. The fourth-order valence-electron chi connectivity index (χ4n) is 2.73. The molecule has 0 spiro atoms. The summed E-state index contributed by atoms with van der Waals surface area (Å²) >= 11 is 1.72. The Balaban J connectivity index is 1.73. The summed E-state index contributed by atoms with van der Waals surface area (Å²) in [6.45, 7) is 0.836. The van der Waals surface area contributed by atoms with Crippen LogP contribution in [0.3, 0.4) is 0 Å². The highest BCUT2D eigenvalue weighted by atomic mass is 32.1. The standard InChI is InChI=1S/C17H18N2OS/c18-14-5-1-4-13(12-14)8-9-17(20)19-10-2-6-15(19)16-7-3-11-21-16/h1,3-5,7-9,11-12,15H,2,6,10,18H2/b9-8+. The van der Waals surface area contributed by atoms with Crippen LogP contribution in [0.15, 0.2) is 47.9 Å². The molecule has 3 nitrogen and oxygen atoms in total. The SMILES string of the molecule is Nc1cccc(/C=C/C(=O)N2CCCC2c2cccs2)c1. The van der Waals surface area contributed by atoms with Crippen molar-refractivity contribution >= 4 is 29.0 Å². The number of benzene rings is 1. The Morgan fingerprint density at radius 2 is 2.24 bits per heavy atom. The van der Waals surface area contributed by atoms with Crippen LogP contribution in [0, 0.1) is 0 Å². The van der Waals surface area contributed by atoms with Crippen molar-refractivity contribution in [2.45, 2.75) is 18.9 Å². The Hall–Kier alpha value is -2.07. The maximum absolute atomic E-state index is 12.4. The first kappa shape index (κ1) is 13.9. The zero-order valence-electron chi connectivity index (χ0n) is 11.7. The molecule has 1 fully saturated rings. The molecule has 1 aliphatic heterocycles. The molecule has 1 atom stereocenters. The maximum atomic E-state index is 12.4. The Morgan fingerprint density at radius 3 is 3.00 bits per heavy atom. The summed E-state index contributed by atoms with van der Waals surface area (Å²) in [4.78, 5) is 15.7. The number of thiophene rings is 1. The first-order chi connectivity index (χ1) is 10.2. The third-order valence-corrected chi connectivity index (χ3v) is 4.71. The van der Waals surface area contributed by atoms with Gasteiger partial charge in [0.1, 0.15) is 0 Å². The molecule has 108 valence electrons. The largest absolute Gasteiger partial charge is 0.399 e. The van der Waals surface area contributed by atoms with E-state index in [-0.39, 0.29) is 11.9 Å². The van der Waals surface area contributed by atoms with Gasteiger partial charge in [-0.1, -0.05) is 18.2 Å². The van der Waals surface area contributed by atoms with E-state index in [0.29, 0.717) is 5.69 Å². The van der Waals surface area contributed by atoms with Crippen molar-refractivity contribution in [1.82, 2.24) is 4.90 Å². The number of carbonyl (C=O) groups excluding carboxylic acids is 1. The predicted molar refractivity (Wildman–Crippen MR) is 87.9 cm³/mol. The molecule has 0 radical (unpaired) electrons. The Morgan fingerprint density at radius 1 is 1.33 bits per heavy atom. The van der Waals surface area contributed by atoms with Crippen LogP contribution in [-0.2, 0) is 4.79 Å². The molecule has 0 saturated carbocycles. The molecule has 2 aromatic rings. The van der Waals surface area contributed by atoms with E-state index in [9.17, 15) is 4.79 Å². The molecule has 4 heteroatoms. The molecule has 21 heavy (non-hydrogen) atoms. The molecule has 1 aliphatic rings. The van der Waals surface area contributed by atoms with Crippen molar-refractivity contribution < 1.29 is 4.79 Å². The third-order valence-electron chi connectivity index (χ3n) is 3.74. The van der Waals surface area contributed by atoms with Gasteiger partial charge in [0.15, 0.2) is 0 Å². The minimum absolute atomic E-state index is 0.0772. The summed E-state index contributed by atoms with van der Waals surface area (Å²) in [6.07, 6.45) is 5.61. The average Bonchev–Trinajstić information content (AvgIpc) is 3.14. The smallest absolute Gasteiger partial charge is 0.247 e. The van der Waals surface area contributed by atoms with Crippen LogP contribution >= 0.6 is 11.3 Å². The topological polar surface area (TPSA) is 46.3 Å². The number of nitrogen functional groups attached to an aromatic ring is 1. The molecular weight excluding hydrogens is 280 g/mol. The van der Waals surface area contributed by atoms with E-state index >= 15 is 0 Å². The van der Waals surface area contributed by atoms with Gasteiger partial charge in [0, 0.05) is 23.2 Å². The van der Waals surface area contributed by atoms with Gasteiger partial charge in [0.25, 0.3) is 0 Å². The molecule has 1 aromatic heterocycles. The van der Waals surface area contributed by atoms with Gasteiger partial charge in [-0.05, 0) is 48.1 Å². The van der Waals surface area contributed by atoms with Gasteiger partial charge in [-0.3, -0.25) is 4.79 Å². The minimum Gasteiger partial charge on any atom is -0.399 e. The maximum Gasteiger partial charge on any atom is 0.247 e. The highest BCUT2D eigenvalue weighted by Gasteiger charge is 2.29. The van der Waals surface area contributed by atoms with E-state index in [1.165, 1.54) is 4.88 Å². The normalized spacial score (nSPS) is 18.5. The highest BCUT2D eigenvalue weighted by Crippen LogP contribution is 2.34. The van der Waals surface area contributed by atoms with Gasteiger partial charge < -0.3 is 10.6 Å². The lowest BCUT2D eigenvalue weighted by atomic mass is 10.1. The zero-order chi connectivity index (χ0) is 14.7. The molecule has 0 aliphatic carbocycles. The van der Waals surface area contributed by atoms with Crippen LogP contribution < -0.4 is 5.73 Å². The molecular formula is C17H18N2OS. The Labute approximate surface area is 128 Å². The lowest BCUT2D eigenvalue weighted by Crippen LogP contribution is -2.28. The molecule has 3 rings (SSSR count). The number of hydrogen-bond acceptors (Lipinski definition) is 3. The van der Waals surface area contributed by atoms with Gasteiger partial charge in [-0.25, -0.2) is 0 Å². The first-order valence-corrected chi connectivity index (χ1v) is 7.99. The monoisotopic (exact) mass is 298 g/mol. The molecule has 1 saturated heterocycles. The predicted octanol–water partition coefficient (Wildman–Crippen LogP) is 3.71. The highest BCUT2D eigenvalue weighted by molar-refractivity contribution is 7.10. The van der Waals surface area contributed by atoms with Crippen LogP contribution in [0.1, 0.15) is 29.3 Å². The van der Waals surface area contributed by atoms with Crippen LogP contribution in [0.25, 0.3) is 6.08 Å². The van der Waals surface area contributed by atoms with Gasteiger partial charge >= 0.3 is 0 Å². The van der Waals surface area contributed by atoms with E-state index < -0.39 is 0 Å².